The maximum atomic E-state index is 12.8. The molecule has 1 amide bonds. The van der Waals surface area contributed by atoms with Crippen LogP contribution in [0.5, 0.6) is 0 Å². The lowest BCUT2D eigenvalue weighted by molar-refractivity contribution is -0.138. The van der Waals surface area contributed by atoms with Crippen molar-refractivity contribution in [1.29, 1.82) is 0 Å². The zero-order chi connectivity index (χ0) is 10.1. The third-order valence-electron chi connectivity index (χ3n) is 2.11. The van der Waals surface area contributed by atoms with Gasteiger partial charge in [-0.25, -0.2) is 8.78 Å². The van der Waals surface area contributed by atoms with Gasteiger partial charge in [-0.05, 0) is 0 Å². The SMILES string of the molecule is CN(C)C(=O)C1CNCC(F)(F)C1.Cl. The van der Waals surface area contributed by atoms with Gasteiger partial charge in [-0.15, -0.1) is 12.4 Å². The Morgan fingerprint density at radius 2 is 2.07 bits per heavy atom. The molecule has 1 fully saturated rings. The minimum Gasteiger partial charge on any atom is -0.349 e. The van der Waals surface area contributed by atoms with Crippen LogP contribution in [0, 0.1) is 5.92 Å². The average Bonchev–Trinajstić information content (AvgIpc) is 2.01. The Bertz CT molecular complexity index is 212. The molecule has 1 atom stereocenters. The second kappa shape index (κ2) is 4.89. The molecule has 1 heterocycles. The van der Waals surface area contributed by atoms with Gasteiger partial charge in [0.2, 0.25) is 5.91 Å². The van der Waals surface area contributed by atoms with Crippen LogP contribution >= 0.6 is 12.4 Å². The summed E-state index contributed by atoms with van der Waals surface area (Å²) in [6.45, 7) is 0.0385. The van der Waals surface area contributed by atoms with Gasteiger partial charge in [0, 0.05) is 27.1 Å². The molecule has 0 radical (unpaired) electrons. The number of piperidine rings is 1. The predicted octanol–water partition coefficient (Wildman–Crippen LogP) is 0.741. The lowest BCUT2D eigenvalue weighted by Crippen LogP contribution is -2.48. The molecule has 1 rings (SSSR count). The Morgan fingerprint density at radius 1 is 1.50 bits per heavy atom. The zero-order valence-electron chi connectivity index (χ0n) is 8.22. The predicted molar refractivity (Wildman–Crippen MR) is 51.9 cm³/mol. The van der Waals surface area contributed by atoms with Gasteiger partial charge in [0.05, 0.1) is 12.5 Å². The molecule has 14 heavy (non-hydrogen) atoms. The standard InChI is InChI=1S/C8H14F2N2O.ClH/c1-12(2)7(13)6-3-8(9,10)5-11-4-6;/h6,11H,3-5H2,1-2H3;1H. The molecular weight excluding hydrogens is 214 g/mol. The number of carbonyl (C=O) groups is 1. The number of rotatable bonds is 1. The molecule has 84 valence electrons. The number of nitrogens with one attached hydrogen (secondary N) is 1. The molecular formula is C8H15ClF2N2O. The number of hydrogen-bond donors (Lipinski definition) is 1. The molecule has 1 aliphatic heterocycles. The molecule has 0 saturated carbocycles. The highest BCUT2D eigenvalue weighted by atomic mass is 35.5. The first-order chi connectivity index (χ1) is 5.92. The molecule has 1 aliphatic rings. The minimum atomic E-state index is -2.74. The zero-order valence-corrected chi connectivity index (χ0v) is 9.03. The van der Waals surface area contributed by atoms with Crippen LogP contribution in [0.25, 0.3) is 0 Å². The summed E-state index contributed by atoms with van der Waals surface area (Å²) < 4.78 is 25.7. The first-order valence-corrected chi connectivity index (χ1v) is 4.22. The number of carbonyl (C=O) groups excluding carboxylic acids is 1. The van der Waals surface area contributed by atoms with Gasteiger partial charge < -0.3 is 10.2 Å². The lowest BCUT2D eigenvalue weighted by atomic mass is 9.96. The van der Waals surface area contributed by atoms with Gasteiger partial charge in [-0.1, -0.05) is 0 Å². The first-order valence-electron chi connectivity index (χ1n) is 4.22. The van der Waals surface area contributed by atoms with E-state index in [-0.39, 0.29) is 31.3 Å². The minimum absolute atomic E-state index is 0. The van der Waals surface area contributed by atoms with Crippen LogP contribution in [0.4, 0.5) is 8.78 Å². The molecule has 0 aliphatic carbocycles. The summed E-state index contributed by atoms with van der Waals surface area (Å²) >= 11 is 0. The van der Waals surface area contributed by atoms with Crippen molar-refractivity contribution in [2.75, 3.05) is 27.2 Å². The number of halogens is 3. The summed E-state index contributed by atoms with van der Waals surface area (Å²) in [5, 5.41) is 2.56. The van der Waals surface area contributed by atoms with Crippen LogP contribution in [0.1, 0.15) is 6.42 Å². The molecule has 1 unspecified atom stereocenters. The van der Waals surface area contributed by atoms with E-state index in [2.05, 4.69) is 5.32 Å². The Kier molecular flexibility index (Phi) is 4.74. The maximum Gasteiger partial charge on any atom is 0.261 e. The third-order valence-corrected chi connectivity index (χ3v) is 2.11. The van der Waals surface area contributed by atoms with Crippen LogP contribution < -0.4 is 5.32 Å². The fourth-order valence-electron chi connectivity index (χ4n) is 1.47. The maximum absolute atomic E-state index is 12.8. The van der Waals surface area contributed by atoms with E-state index in [9.17, 15) is 13.6 Å². The highest BCUT2D eigenvalue weighted by Crippen LogP contribution is 2.26. The van der Waals surface area contributed by atoms with Crippen LogP contribution in [0.3, 0.4) is 0 Å². The van der Waals surface area contributed by atoms with Gasteiger partial charge in [0.25, 0.3) is 5.92 Å². The molecule has 1 saturated heterocycles. The Hall–Kier alpha value is -0.420. The average molecular weight is 229 g/mol. The first kappa shape index (κ1) is 13.6. The summed E-state index contributed by atoms with van der Waals surface area (Å²) in [7, 11) is 3.16. The van der Waals surface area contributed by atoms with Crippen molar-refractivity contribution in [1.82, 2.24) is 10.2 Å². The molecule has 0 spiro atoms. The largest absolute Gasteiger partial charge is 0.349 e. The van der Waals surface area contributed by atoms with Crippen LogP contribution in [0.15, 0.2) is 0 Å². The van der Waals surface area contributed by atoms with E-state index >= 15 is 0 Å². The van der Waals surface area contributed by atoms with Crippen LogP contribution in [0.2, 0.25) is 0 Å². The third kappa shape index (κ3) is 3.38. The normalized spacial score (nSPS) is 25.0. The monoisotopic (exact) mass is 228 g/mol. The molecule has 1 N–H and O–H groups in total. The van der Waals surface area contributed by atoms with Gasteiger partial charge in [-0.3, -0.25) is 4.79 Å². The van der Waals surface area contributed by atoms with E-state index in [1.807, 2.05) is 0 Å². The van der Waals surface area contributed by atoms with Crippen molar-refractivity contribution >= 4 is 18.3 Å². The van der Waals surface area contributed by atoms with Crippen molar-refractivity contribution in [2.45, 2.75) is 12.3 Å². The van der Waals surface area contributed by atoms with E-state index in [4.69, 9.17) is 0 Å². The number of hydrogen-bond acceptors (Lipinski definition) is 2. The molecule has 0 bridgehead atoms. The molecule has 6 heteroatoms. The topological polar surface area (TPSA) is 32.3 Å². The van der Waals surface area contributed by atoms with E-state index in [1.54, 1.807) is 14.1 Å². The summed E-state index contributed by atoms with van der Waals surface area (Å²) in [4.78, 5) is 12.7. The van der Waals surface area contributed by atoms with Crippen molar-refractivity contribution < 1.29 is 13.6 Å². The fourth-order valence-corrected chi connectivity index (χ4v) is 1.47. The second-order valence-corrected chi connectivity index (χ2v) is 3.62. The molecule has 3 nitrogen and oxygen atoms in total. The van der Waals surface area contributed by atoms with Gasteiger partial charge in [0.1, 0.15) is 0 Å². The highest BCUT2D eigenvalue weighted by molar-refractivity contribution is 5.85. The van der Waals surface area contributed by atoms with Crippen molar-refractivity contribution in [2.24, 2.45) is 5.92 Å². The molecule has 0 aromatic carbocycles. The fraction of sp³-hybridized carbons (Fsp3) is 0.875. The molecule has 0 aromatic rings. The number of alkyl halides is 2. The quantitative estimate of drug-likeness (QED) is 0.718. The lowest BCUT2D eigenvalue weighted by Gasteiger charge is -2.30. The van der Waals surface area contributed by atoms with Crippen molar-refractivity contribution in [3.8, 4) is 0 Å². The van der Waals surface area contributed by atoms with E-state index in [1.165, 1.54) is 4.90 Å². The second-order valence-electron chi connectivity index (χ2n) is 3.62. The Morgan fingerprint density at radius 3 is 2.50 bits per heavy atom. The Labute approximate surface area is 88.2 Å². The molecule has 0 aromatic heterocycles. The van der Waals surface area contributed by atoms with Crippen molar-refractivity contribution in [3.05, 3.63) is 0 Å². The van der Waals surface area contributed by atoms with Gasteiger partial charge in [0.15, 0.2) is 0 Å². The van der Waals surface area contributed by atoms with Gasteiger partial charge in [-0.2, -0.15) is 0 Å². The van der Waals surface area contributed by atoms with Crippen LogP contribution in [-0.2, 0) is 4.79 Å². The van der Waals surface area contributed by atoms with E-state index in [0.29, 0.717) is 6.54 Å². The van der Waals surface area contributed by atoms with Crippen molar-refractivity contribution in [3.63, 3.8) is 0 Å². The summed E-state index contributed by atoms with van der Waals surface area (Å²) in [5.41, 5.74) is 0. The van der Waals surface area contributed by atoms with Gasteiger partial charge >= 0.3 is 0 Å². The highest BCUT2D eigenvalue weighted by Gasteiger charge is 2.39. The number of amides is 1. The van der Waals surface area contributed by atoms with Crippen LogP contribution in [-0.4, -0.2) is 43.9 Å². The summed E-state index contributed by atoms with van der Waals surface area (Å²) in [5.74, 6) is -3.56. The number of nitrogens with zero attached hydrogens (tertiary/aromatic N) is 1. The van der Waals surface area contributed by atoms with E-state index < -0.39 is 11.8 Å². The smallest absolute Gasteiger partial charge is 0.261 e. The van der Waals surface area contributed by atoms with E-state index in [0.717, 1.165) is 0 Å². The summed E-state index contributed by atoms with van der Waals surface area (Å²) in [6.07, 6.45) is -0.336. The summed E-state index contributed by atoms with van der Waals surface area (Å²) in [6, 6.07) is 0. The Balaban J connectivity index is 0.00000169.